The minimum atomic E-state index is 0.374. The van der Waals surface area contributed by atoms with Gasteiger partial charge in [0, 0.05) is 30.4 Å². The number of nitrogens with one attached hydrogen (secondary N) is 3. The molecule has 3 N–H and O–H groups in total. The number of rotatable bonds is 4. The summed E-state index contributed by atoms with van der Waals surface area (Å²) in [7, 11) is 0. The Kier molecular flexibility index (Phi) is 4.08. The van der Waals surface area contributed by atoms with Gasteiger partial charge in [-0.25, -0.2) is 15.0 Å². The summed E-state index contributed by atoms with van der Waals surface area (Å²) in [5.74, 6) is 0.669. The summed E-state index contributed by atoms with van der Waals surface area (Å²) in [5.41, 5.74) is 3.60. The zero-order chi connectivity index (χ0) is 16.4. The summed E-state index contributed by atoms with van der Waals surface area (Å²) in [6, 6.07) is 4.31. The highest BCUT2D eigenvalue weighted by Gasteiger charge is 2.17. The maximum atomic E-state index is 4.78. The summed E-state index contributed by atoms with van der Waals surface area (Å²) in [5, 5.41) is 15.2. The van der Waals surface area contributed by atoms with Gasteiger partial charge in [-0.05, 0) is 43.5 Å². The van der Waals surface area contributed by atoms with Gasteiger partial charge in [0.2, 0.25) is 5.95 Å². The van der Waals surface area contributed by atoms with Crippen LogP contribution in [0.15, 0.2) is 24.5 Å². The zero-order valence-electron chi connectivity index (χ0n) is 13.7. The fourth-order valence-corrected chi connectivity index (χ4v) is 3.14. The van der Waals surface area contributed by atoms with Crippen LogP contribution in [0.25, 0.3) is 22.4 Å². The summed E-state index contributed by atoms with van der Waals surface area (Å²) >= 11 is 0. The van der Waals surface area contributed by atoms with E-state index in [2.05, 4.69) is 37.7 Å². The van der Waals surface area contributed by atoms with Crippen molar-refractivity contribution in [3.05, 3.63) is 30.1 Å². The molecule has 0 bridgehead atoms. The summed E-state index contributed by atoms with van der Waals surface area (Å²) < 4.78 is 0. The Morgan fingerprint density at radius 3 is 3.12 bits per heavy atom. The van der Waals surface area contributed by atoms with Crippen LogP contribution in [0, 0.1) is 0 Å². The highest BCUT2D eigenvalue weighted by molar-refractivity contribution is 5.90. The van der Waals surface area contributed by atoms with Crippen LogP contribution in [0.5, 0.6) is 0 Å². The van der Waals surface area contributed by atoms with E-state index in [1.165, 1.54) is 6.42 Å². The fourth-order valence-electron chi connectivity index (χ4n) is 3.14. The number of hydrogen-bond acceptors (Lipinski definition) is 6. The van der Waals surface area contributed by atoms with Gasteiger partial charge < -0.3 is 10.6 Å². The molecule has 3 aromatic heterocycles. The lowest BCUT2D eigenvalue weighted by Gasteiger charge is -2.24. The molecule has 24 heavy (non-hydrogen) atoms. The molecule has 3 aromatic rings. The molecule has 1 saturated heterocycles. The molecule has 0 unspecified atom stereocenters. The van der Waals surface area contributed by atoms with E-state index in [4.69, 9.17) is 4.98 Å². The smallest absolute Gasteiger partial charge is 0.223 e. The van der Waals surface area contributed by atoms with Gasteiger partial charge in [0.05, 0.1) is 11.4 Å². The lowest BCUT2D eigenvalue weighted by Crippen LogP contribution is -2.38. The van der Waals surface area contributed by atoms with E-state index in [0.29, 0.717) is 17.6 Å². The van der Waals surface area contributed by atoms with Crippen molar-refractivity contribution < 1.29 is 0 Å². The van der Waals surface area contributed by atoms with Gasteiger partial charge in [-0.3, -0.25) is 5.10 Å². The standard InChI is InChI=1S/C17H21N7/c1-2-11-9-20-17(21-12-5-3-7-18-10-12)22-14(11)15-13-6-4-8-19-16(13)24-23-15/h4,6,8-9,12,18H,2-3,5,7,10H2,1H3,(H,19,23,24)(H,20,21,22)/t12-/m0/s1. The molecule has 1 aliphatic heterocycles. The van der Waals surface area contributed by atoms with Gasteiger partial charge in [0.15, 0.2) is 5.65 Å². The first kappa shape index (κ1) is 15.0. The topological polar surface area (TPSA) is 91.4 Å². The molecule has 7 nitrogen and oxygen atoms in total. The molecule has 4 heterocycles. The molecular formula is C17H21N7. The molecule has 4 rings (SSSR count). The largest absolute Gasteiger partial charge is 0.350 e. The minimum absolute atomic E-state index is 0.374. The lowest BCUT2D eigenvalue weighted by atomic mass is 10.1. The van der Waals surface area contributed by atoms with Crippen molar-refractivity contribution in [3.63, 3.8) is 0 Å². The van der Waals surface area contributed by atoms with E-state index in [1.807, 2.05) is 18.3 Å². The number of hydrogen-bond donors (Lipinski definition) is 3. The molecule has 0 saturated carbocycles. The Bertz CT molecular complexity index is 836. The van der Waals surface area contributed by atoms with Crippen molar-refractivity contribution in [1.82, 2.24) is 30.5 Å². The molecule has 0 spiro atoms. The van der Waals surface area contributed by atoms with Crippen molar-refractivity contribution in [3.8, 4) is 11.4 Å². The first-order chi connectivity index (χ1) is 11.8. The molecule has 124 valence electrons. The third-order valence-electron chi connectivity index (χ3n) is 4.44. The Morgan fingerprint density at radius 2 is 2.29 bits per heavy atom. The number of piperidine rings is 1. The summed E-state index contributed by atoms with van der Waals surface area (Å²) in [6.07, 6.45) is 6.83. The van der Waals surface area contributed by atoms with Gasteiger partial charge in [-0.1, -0.05) is 6.92 Å². The molecule has 0 amide bonds. The second-order valence-electron chi connectivity index (χ2n) is 6.08. The SMILES string of the molecule is CCc1cnc(N[C@H]2CCCNC2)nc1-c1[nH]nc2ncccc12. The average Bonchev–Trinajstić information content (AvgIpc) is 3.06. The monoisotopic (exact) mass is 323 g/mol. The van der Waals surface area contributed by atoms with Crippen molar-refractivity contribution in [1.29, 1.82) is 0 Å². The zero-order valence-corrected chi connectivity index (χ0v) is 13.7. The maximum absolute atomic E-state index is 4.78. The van der Waals surface area contributed by atoms with Gasteiger partial charge in [0.1, 0.15) is 0 Å². The number of aryl methyl sites for hydroxylation is 1. The van der Waals surface area contributed by atoms with Crippen LogP contribution in [0.3, 0.4) is 0 Å². The number of pyridine rings is 1. The lowest BCUT2D eigenvalue weighted by molar-refractivity contribution is 0.478. The van der Waals surface area contributed by atoms with Gasteiger partial charge >= 0.3 is 0 Å². The molecule has 0 aliphatic carbocycles. The normalized spacial score (nSPS) is 18.0. The first-order valence-electron chi connectivity index (χ1n) is 8.47. The van der Waals surface area contributed by atoms with Crippen LogP contribution in [0.4, 0.5) is 5.95 Å². The van der Waals surface area contributed by atoms with Crippen molar-refractivity contribution >= 4 is 17.0 Å². The number of nitrogens with zero attached hydrogens (tertiary/aromatic N) is 4. The predicted octanol–water partition coefficient (Wildman–Crippen LogP) is 2.14. The number of aromatic amines is 1. The maximum Gasteiger partial charge on any atom is 0.223 e. The van der Waals surface area contributed by atoms with Crippen molar-refractivity contribution in [2.45, 2.75) is 32.2 Å². The number of H-pyrrole nitrogens is 1. The molecule has 1 fully saturated rings. The van der Waals surface area contributed by atoms with E-state index in [0.717, 1.165) is 48.3 Å². The van der Waals surface area contributed by atoms with Gasteiger partial charge in [0.25, 0.3) is 0 Å². The first-order valence-corrected chi connectivity index (χ1v) is 8.47. The van der Waals surface area contributed by atoms with Crippen molar-refractivity contribution in [2.75, 3.05) is 18.4 Å². The van der Waals surface area contributed by atoms with E-state index in [1.54, 1.807) is 6.20 Å². The quantitative estimate of drug-likeness (QED) is 0.681. The second-order valence-corrected chi connectivity index (χ2v) is 6.08. The van der Waals surface area contributed by atoms with E-state index in [-0.39, 0.29) is 0 Å². The van der Waals surface area contributed by atoms with Crippen LogP contribution in [0.1, 0.15) is 25.3 Å². The van der Waals surface area contributed by atoms with Gasteiger partial charge in [-0.2, -0.15) is 5.10 Å². The minimum Gasteiger partial charge on any atom is -0.350 e. The average molecular weight is 323 g/mol. The highest BCUT2D eigenvalue weighted by Crippen LogP contribution is 2.27. The molecule has 7 heteroatoms. The Morgan fingerprint density at radius 1 is 1.33 bits per heavy atom. The molecule has 0 aromatic carbocycles. The third kappa shape index (κ3) is 2.82. The Hall–Kier alpha value is -2.54. The molecule has 0 radical (unpaired) electrons. The summed E-state index contributed by atoms with van der Waals surface area (Å²) in [6.45, 7) is 4.15. The molecule has 1 aliphatic rings. The third-order valence-corrected chi connectivity index (χ3v) is 4.44. The van der Waals surface area contributed by atoms with E-state index < -0.39 is 0 Å². The van der Waals surface area contributed by atoms with Crippen LogP contribution in [-0.4, -0.2) is 44.3 Å². The van der Waals surface area contributed by atoms with E-state index >= 15 is 0 Å². The van der Waals surface area contributed by atoms with Crippen LogP contribution >= 0.6 is 0 Å². The number of aromatic nitrogens is 5. The predicted molar refractivity (Wildman–Crippen MR) is 93.8 cm³/mol. The van der Waals surface area contributed by atoms with E-state index in [9.17, 15) is 0 Å². The number of anilines is 1. The summed E-state index contributed by atoms with van der Waals surface area (Å²) in [4.78, 5) is 13.6. The van der Waals surface area contributed by atoms with Crippen LogP contribution in [-0.2, 0) is 6.42 Å². The van der Waals surface area contributed by atoms with Crippen LogP contribution < -0.4 is 10.6 Å². The fraction of sp³-hybridized carbons (Fsp3) is 0.412. The Labute approximate surface area is 140 Å². The van der Waals surface area contributed by atoms with Gasteiger partial charge in [-0.15, -0.1) is 0 Å². The highest BCUT2D eigenvalue weighted by atomic mass is 15.2. The van der Waals surface area contributed by atoms with Crippen molar-refractivity contribution in [2.24, 2.45) is 0 Å². The molecule has 1 atom stereocenters. The molecular weight excluding hydrogens is 302 g/mol. The second kappa shape index (κ2) is 6.52. The van der Waals surface area contributed by atoms with Crippen LogP contribution in [0.2, 0.25) is 0 Å². The number of fused-ring (bicyclic) bond motifs is 1. The Balaban J connectivity index is 1.71.